The van der Waals surface area contributed by atoms with Crippen LogP contribution in [0.5, 0.6) is 0 Å². The Morgan fingerprint density at radius 2 is 1.77 bits per heavy atom. The molecule has 1 atom stereocenters. The van der Waals surface area contributed by atoms with Gasteiger partial charge in [-0.3, -0.25) is 9.59 Å². The van der Waals surface area contributed by atoms with Crippen LogP contribution in [0.2, 0.25) is 0 Å². The number of benzene rings is 1. The maximum atomic E-state index is 12.7. The minimum Gasteiger partial charge on any atom is -0.481 e. The molecule has 0 radical (unpaired) electrons. The number of aliphatic carboxylic acids is 1. The number of piperidine rings is 1. The predicted molar refractivity (Wildman–Crippen MR) is 97.1 cm³/mol. The summed E-state index contributed by atoms with van der Waals surface area (Å²) in [5.41, 5.74) is 0.992. The molecule has 1 saturated heterocycles. The number of hydrogen-bond acceptors (Lipinski definition) is 4. The van der Waals surface area contributed by atoms with Crippen LogP contribution in [0.3, 0.4) is 0 Å². The van der Waals surface area contributed by atoms with Crippen LogP contribution in [0.25, 0.3) is 0 Å². The smallest absolute Gasteiger partial charge is 0.308 e. The number of nitrogens with zero attached hydrogens (tertiary/aromatic N) is 2. The third-order valence-corrected chi connectivity index (χ3v) is 6.72. The largest absolute Gasteiger partial charge is 0.481 e. The van der Waals surface area contributed by atoms with Crippen molar-refractivity contribution >= 4 is 21.9 Å². The Morgan fingerprint density at radius 1 is 1.23 bits per heavy atom. The van der Waals surface area contributed by atoms with Gasteiger partial charge in [-0.1, -0.05) is 24.6 Å². The van der Waals surface area contributed by atoms with Crippen molar-refractivity contribution < 1.29 is 23.1 Å². The molecular weight excluding hydrogens is 356 g/mol. The molecule has 1 aromatic carbocycles. The summed E-state index contributed by atoms with van der Waals surface area (Å²) in [7, 11) is -1.95. The van der Waals surface area contributed by atoms with Gasteiger partial charge in [0.05, 0.1) is 10.8 Å². The molecule has 0 aromatic heterocycles. The van der Waals surface area contributed by atoms with Crippen molar-refractivity contribution in [1.29, 1.82) is 0 Å². The average molecular weight is 382 g/mol. The van der Waals surface area contributed by atoms with Crippen LogP contribution in [0.4, 0.5) is 0 Å². The summed E-state index contributed by atoms with van der Waals surface area (Å²) >= 11 is 0. The Labute approximate surface area is 154 Å². The Hall–Kier alpha value is -1.93. The molecule has 26 heavy (non-hydrogen) atoms. The third kappa shape index (κ3) is 4.62. The first-order valence-electron chi connectivity index (χ1n) is 8.67. The van der Waals surface area contributed by atoms with Gasteiger partial charge in [0.1, 0.15) is 0 Å². The molecule has 8 heteroatoms. The number of aryl methyl sites for hydroxylation is 1. The van der Waals surface area contributed by atoms with Crippen LogP contribution in [0.15, 0.2) is 29.2 Å². The first-order valence-corrected chi connectivity index (χ1v) is 10.1. The van der Waals surface area contributed by atoms with E-state index in [4.69, 9.17) is 5.11 Å². The molecule has 1 N–H and O–H groups in total. The molecule has 0 bridgehead atoms. The van der Waals surface area contributed by atoms with E-state index in [0.717, 1.165) is 5.56 Å². The molecule has 1 unspecified atom stereocenters. The molecule has 1 heterocycles. The van der Waals surface area contributed by atoms with Gasteiger partial charge in [0.25, 0.3) is 0 Å². The van der Waals surface area contributed by atoms with E-state index < -0.39 is 21.9 Å². The van der Waals surface area contributed by atoms with Crippen LogP contribution in [-0.2, 0) is 19.6 Å². The lowest BCUT2D eigenvalue weighted by Gasteiger charge is -2.33. The van der Waals surface area contributed by atoms with Gasteiger partial charge in [0, 0.05) is 32.6 Å². The normalized spacial score (nSPS) is 17.7. The van der Waals surface area contributed by atoms with E-state index in [1.54, 1.807) is 38.2 Å². The zero-order valence-electron chi connectivity index (χ0n) is 15.4. The highest BCUT2D eigenvalue weighted by Crippen LogP contribution is 2.25. The standard InChI is InChI=1S/C18H26N2O5S/c1-13-4-6-16(7-5-13)26(24,25)20-10-8-15(9-11-20)17(21)19(3)12-14(2)18(22)23/h4-7,14-15H,8-12H2,1-3H3,(H,22,23). The molecular formula is C18H26N2O5S. The zero-order chi connectivity index (χ0) is 19.5. The molecule has 1 aliphatic rings. The first kappa shape index (κ1) is 20.4. The van der Waals surface area contributed by atoms with E-state index >= 15 is 0 Å². The number of carbonyl (C=O) groups is 2. The minimum atomic E-state index is -3.55. The summed E-state index contributed by atoms with van der Waals surface area (Å²) in [6.45, 7) is 4.18. The van der Waals surface area contributed by atoms with Crippen molar-refractivity contribution in [3.05, 3.63) is 29.8 Å². The lowest BCUT2D eigenvalue weighted by atomic mass is 9.96. The number of amides is 1. The highest BCUT2D eigenvalue weighted by molar-refractivity contribution is 7.89. The van der Waals surface area contributed by atoms with Gasteiger partial charge >= 0.3 is 5.97 Å². The van der Waals surface area contributed by atoms with Gasteiger partial charge in [0.15, 0.2) is 0 Å². The maximum absolute atomic E-state index is 12.7. The third-order valence-electron chi connectivity index (χ3n) is 4.81. The van der Waals surface area contributed by atoms with E-state index in [9.17, 15) is 18.0 Å². The van der Waals surface area contributed by atoms with E-state index in [2.05, 4.69) is 0 Å². The van der Waals surface area contributed by atoms with Crippen LogP contribution in [0.1, 0.15) is 25.3 Å². The average Bonchev–Trinajstić information content (AvgIpc) is 2.61. The number of carbonyl (C=O) groups excluding carboxylic acids is 1. The van der Waals surface area contributed by atoms with Crippen molar-refractivity contribution in [3.63, 3.8) is 0 Å². The maximum Gasteiger partial charge on any atom is 0.308 e. The van der Waals surface area contributed by atoms with Crippen molar-refractivity contribution in [2.75, 3.05) is 26.7 Å². The fourth-order valence-electron chi connectivity index (χ4n) is 3.09. The number of hydrogen-bond donors (Lipinski definition) is 1. The van der Waals surface area contributed by atoms with Gasteiger partial charge in [0.2, 0.25) is 15.9 Å². The van der Waals surface area contributed by atoms with Crippen LogP contribution < -0.4 is 0 Å². The van der Waals surface area contributed by atoms with E-state index in [1.165, 1.54) is 9.21 Å². The number of rotatable bonds is 6. The zero-order valence-corrected chi connectivity index (χ0v) is 16.2. The number of sulfonamides is 1. The topological polar surface area (TPSA) is 95.0 Å². The molecule has 1 fully saturated rings. The van der Waals surface area contributed by atoms with Gasteiger partial charge in [-0.25, -0.2) is 8.42 Å². The minimum absolute atomic E-state index is 0.120. The molecule has 0 saturated carbocycles. The number of carboxylic acid groups (broad SMARTS) is 1. The Morgan fingerprint density at radius 3 is 2.27 bits per heavy atom. The van der Waals surface area contributed by atoms with Crippen LogP contribution in [0, 0.1) is 18.8 Å². The molecule has 1 amide bonds. The summed E-state index contributed by atoms with van der Waals surface area (Å²) in [5, 5.41) is 8.96. The van der Waals surface area contributed by atoms with E-state index in [0.29, 0.717) is 12.8 Å². The number of carboxylic acids is 1. The van der Waals surface area contributed by atoms with Crippen LogP contribution >= 0.6 is 0 Å². The molecule has 144 valence electrons. The summed E-state index contributed by atoms with van der Waals surface area (Å²) in [6, 6.07) is 6.73. The van der Waals surface area contributed by atoms with Gasteiger partial charge in [-0.05, 0) is 31.9 Å². The lowest BCUT2D eigenvalue weighted by molar-refractivity contribution is -0.143. The highest BCUT2D eigenvalue weighted by atomic mass is 32.2. The summed E-state index contributed by atoms with van der Waals surface area (Å²) in [4.78, 5) is 25.1. The predicted octanol–water partition coefficient (Wildman–Crippen LogP) is 1.57. The SMILES string of the molecule is Cc1ccc(S(=O)(=O)N2CCC(C(=O)N(C)CC(C)C(=O)O)CC2)cc1. The van der Waals surface area contributed by atoms with Crippen molar-refractivity contribution in [1.82, 2.24) is 9.21 Å². The summed E-state index contributed by atoms with van der Waals surface area (Å²) in [6.07, 6.45) is 0.880. The lowest BCUT2D eigenvalue weighted by Crippen LogP contribution is -2.44. The summed E-state index contributed by atoms with van der Waals surface area (Å²) < 4.78 is 26.8. The van der Waals surface area contributed by atoms with Crippen molar-refractivity contribution in [3.8, 4) is 0 Å². The second kappa shape index (κ2) is 8.18. The fraction of sp³-hybridized carbons (Fsp3) is 0.556. The first-order chi connectivity index (χ1) is 12.1. The van der Waals surface area contributed by atoms with E-state index in [1.807, 2.05) is 6.92 Å². The second-order valence-electron chi connectivity index (χ2n) is 6.95. The van der Waals surface area contributed by atoms with Crippen molar-refractivity contribution in [2.24, 2.45) is 11.8 Å². The highest BCUT2D eigenvalue weighted by Gasteiger charge is 2.33. The quantitative estimate of drug-likeness (QED) is 0.806. The van der Waals surface area contributed by atoms with Gasteiger partial charge < -0.3 is 10.0 Å². The fourth-order valence-corrected chi connectivity index (χ4v) is 4.56. The molecule has 1 aromatic rings. The molecule has 1 aliphatic heterocycles. The Kier molecular flexibility index (Phi) is 6.41. The van der Waals surface area contributed by atoms with Crippen LogP contribution in [-0.4, -0.2) is 61.3 Å². The molecule has 0 spiro atoms. The second-order valence-corrected chi connectivity index (χ2v) is 8.89. The van der Waals surface area contributed by atoms with Crippen molar-refractivity contribution in [2.45, 2.75) is 31.6 Å². The van der Waals surface area contributed by atoms with E-state index in [-0.39, 0.29) is 36.4 Å². The Balaban J connectivity index is 1.97. The molecule has 2 rings (SSSR count). The molecule has 0 aliphatic carbocycles. The Bertz CT molecular complexity index is 752. The molecule has 7 nitrogen and oxygen atoms in total. The summed E-state index contributed by atoms with van der Waals surface area (Å²) in [5.74, 6) is -1.97. The monoisotopic (exact) mass is 382 g/mol. The van der Waals surface area contributed by atoms with Gasteiger partial charge in [-0.15, -0.1) is 0 Å². The van der Waals surface area contributed by atoms with Gasteiger partial charge in [-0.2, -0.15) is 4.31 Å².